The molecular formula is C7H14N4O2S2. The third-order valence-corrected chi connectivity index (χ3v) is 3.76. The molecule has 1 aromatic heterocycles. The molecule has 0 saturated carbocycles. The fourth-order valence-electron chi connectivity index (χ4n) is 0.995. The molecule has 0 unspecified atom stereocenters. The molecule has 1 aromatic rings. The molecule has 1 rings (SSSR count). The number of anilines is 1. The number of unbranched alkanes of at least 4 members (excludes halogenated alkanes) is 1. The maximum Gasteiger partial charge on any atom is 0.234 e. The molecule has 0 saturated heterocycles. The molecule has 0 fully saturated rings. The highest BCUT2D eigenvalue weighted by atomic mass is 32.2. The third-order valence-electron chi connectivity index (χ3n) is 1.69. The highest BCUT2D eigenvalue weighted by Crippen LogP contribution is 2.10. The van der Waals surface area contributed by atoms with E-state index in [1.165, 1.54) is 16.8 Å². The lowest BCUT2D eigenvalue weighted by molar-refractivity contribution is 0.595. The van der Waals surface area contributed by atoms with Gasteiger partial charge in [0.15, 0.2) is 0 Å². The zero-order chi connectivity index (χ0) is 11.1. The summed E-state index contributed by atoms with van der Waals surface area (Å²) in [6, 6.07) is 0. The summed E-state index contributed by atoms with van der Waals surface area (Å²) in [7, 11) is -1.41. The number of rotatable bonds is 7. The van der Waals surface area contributed by atoms with Gasteiger partial charge in [-0.05, 0) is 26.4 Å². The second-order valence-electron chi connectivity index (χ2n) is 2.98. The summed E-state index contributed by atoms with van der Waals surface area (Å²) in [5.74, 6) is 0.119. The highest BCUT2D eigenvalue weighted by molar-refractivity contribution is 7.92. The molecule has 0 aromatic carbocycles. The van der Waals surface area contributed by atoms with Crippen molar-refractivity contribution < 1.29 is 8.42 Å². The van der Waals surface area contributed by atoms with E-state index in [-0.39, 0.29) is 5.75 Å². The number of hydrogen-bond acceptors (Lipinski definition) is 6. The number of sulfonamides is 1. The van der Waals surface area contributed by atoms with Gasteiger partial charge in [-0.1, -0.05) is 11.3 Å². The lowest BCUT2D eigenvalue weighted by atomic mass is 10.3. The Balaban J connectivity index is 2.33. The summed E-state index contributed by atoms with van der Waals surface area (Å²) in [6.45, 7) is 0.828. The van der Waals surface area contributed by atoms with Crippen molar-refractivity contribution in [2.24, 2.45) is 0 Å². The van der Waals surface area contributed by atoms with E-state index in [2.05, 4.69) is 20.2 Å². The van der Waals surface area contributed by atoms with Crippen molar-refractivity contribution in [3.8, 4) is 0 Å². The molecule has 0 aliphatic rings. The number of hydrogen-bond donors (Lipinski definition) is 2. The van der Waals surface area contributed by atoms with Gasteiger partial charge in [-0.2, -0.15) is 0 Å². The van der Waals surface area contributed by atoms with E-state index in [1.807, 2.05) is 7.05 Å². The van der Waals surface area contributed by atoms with Crippen LogP contribution < -0.4 is 10.0 Å². The Morgan fingerprint density at radius 3 is 2.87 bits per heavy atom. The Morgan fingerprint density at radius 1 is 1.47 bits per heavy atom. The number of nitrogens with zero attached hydrogens (tertiary/aromatic N) is 2. The third kappa shape index (κ3) is 5.05. The Hall–Kier alpha value is -0.730. The smallest absolute Gasteiger partial charge is 0.234 e. The number of nitrogens with one attached hydrogen (secondary N) is 2. The van der Waals surface area contributed by atoms with Gasteiger partial charge in [-0.15, -0.1) is 10.2 Å². The van der Waals surface area contributed by atoms with Gasteiger partial charge in [0.2, 0.25) is 15.2 Å². The maximum absolute atomic E-state index is 11.5. The quantitative estimate of drug-likeness (QED) is 0.679. The minimum atomic E-state index is -3.25. The Kier molecular flexibility index (Phi) is 4.92. The second kappa shape index (κ2) is 5.99. The Morgan fingerprint density at radius 2 is 2.27 bits per heavy atom. The molecule has 0 spiro atoms. The maximum atomic E-state index is 11.5. The first kappa shape index (κ1) is 12.3. The first-order valence-corrected chi connectivity index (χ1v) is 7.08. The van der Waals surface area contributed by atoms with Crippen LogP contribution in [0.15, 0.2) is 5.51 Å². The van der Waals surface area contributed by atoms with E-state index < -0.39 is 10.0 Å². The summed E-state index contributed by atoms with van der Waals surface area (Å²) in [4.78, 5) is 0. The summed E-state index contributed by atoms with van der Waals surface area (Å²) >= 11 is 1.17. The van der Waals surface area contributed by atoms with Crippen molar-refractivity contribution in [3.05, 3.63) is 5.51 Å². The standard InChI is InChI=1S/C7H14N4O2S2/c1-8-4-2-3-5-15(12,13)11-7-10-9-6-14-7/h6,8H,2-5H2,1H3,(H,10,11). The zero-order valence-corrected chi connectivity index (χ0v) is 10.1. The van der Waals surface area contributed by atoms with Gasteiger partial charge in [-0.3, -0.25) is 4.72 Å². The van der Waals surface area contributed by atoms with Gasteiger partial charge < -0.3 is 5.32 Å². The van der Waals surface area contributed by atoms with Gasteiger partial charge in [-0.25, -0.2) is 8.42 Å². The summed E-state index contributed by atoms with van der Waals surface area (Å²) in [5, 5.41) is 10.4. The van der Waals surface area contributed by atoms with E-state index in [0.717, 1.165) is 13.0 Å². The van der Waals surface area contributed by atoms with Crippen LogP contribution in [0.4, 0.5) is 5.13 Å². The Bertz CT molecular complexity index is 362. The SMILES string of the molecule is CNCCCCS(=O)(=O)Nc1nncs1. The van der Waals surface area contributed by atoms with Crippen LogP contribution >= 0.6 is 11.3 Å². The van der Waals surface area contributed by atoms with E-state index in [9.17, 15) is 8.42 Å². The fourth-order valence-corrected chi connectivity index (χ4v) is 2.85. The topological polar surface area (TPSA) is 84.0 Å². The van der Waals surface area contributed by atoms with Gasteiger partial charge in [0.25, 0.3) is 0 Å². The monoisotopic (exact) mass is 250 g/mol. The molecule has 8 heteroatoms. The Labute approximate surface area is 93.2 Å². The largest absolute Gasteiger partial charge is 0.320 e. The first-order valence-electron chi connectivity index (χ1n) is 4.55. The fraction of sp³-hybridized carbons (Fsp3) is 0.714. The van der Waals surface area contributed by atoms with Crippen LogP contribution in [0.25, 0.3) is 0 Å². The van der Waals surface area contributed by atoms with Gasteiger partial charge in [0.05, 0.1) is 5.75 Å². The molecule has 0 atom stereocenters. The predicted molar refractivity (Wildman–Crippen MR) is 60.5 cm³/mol. The van der Waals surface area contributed by atoms with Crippen molar-refractivity contribution in [1.82, 2.24) is 15.5 Å². The lowest BCUT2D eigenvalue weighted by Crippen LogP contribution is -2.18. The van der Waals surface area contributed by atoms with Crippen molar-refractivity contribution in [3.63, 3.8) is 0 Å². The summed E-state index contributed by atoms with van der Waals surface area (Å²) in [6.07, 6.45) is 1.47. The average Bonchev–Trinajstić information content (AvgIpc) is 2.64. The molecule has 86 valence electrons. The molecule has 0 radical (unpaired) electrons. The van der Waals surface area contributed by atoms with Gasteiger partial charge >= 0.3 is 0 Å². The molecule has 0 aliphatic heterocycles. The van der Waals surface area contributed by atoms with Crippen molar-refractivity contribution >= 4 is 26.5 Å². The summed E-state index contributed by atoms with van der Waals surface area (Å²) < 4.78 is 25.3. The minimum Gasteiger partial charge on any atom is -0.320 e. The normalized spacial score (nSPS) is 11.5. The summed E-state index contributed by atoms with van der Waals surface area (Å²) in [5.41, 5.74) is 1.48. The molecule has 0 aliphatic carbocycles. The van der Waals surface area contributed by atoms with Gasteiger partial charge in [0.1, 0.15) is 5.51 Å². The van der Waals surface area contributed by atoms with Crippen molar-refractivity contribution in [1.29, 1.82) is 0 Å². The van der Waals surface area contributed by atoms with Crippen LogP contribution in [0.3, 0.4) is 0 Å². The molecule has 2 N–H and O–H groups in total. The highest BCUT2D eigenvalue weighted by Gasteiger charge is 2.11. The van der Waals surface area contributed by atoms with Crippen LogP contribution in [0.5, 0.6) is 0 Å². The second-order valence-corrected chi connectivity index (χ2v) is 5.65. The lowest BCUT2D eigenvalue weighted by Gasteiger charge is -2.03. The van der Waals surface area contributed by atoms with Crippen LogP contribution in [-0.2, 0) is 10.0 Å². The van der Waals surface area contributed by atoms with Crippen LogP contribution in [0.1, 0.15) is 12.8 Å². The average molecular weight is 250 g/mol. The molecule has 0 bridgehead atoms. The van der Waals surface area contributed by atoms with Crippen LogP contribution in [-0.4, -0.2) is 38.0 Å². The van der Waals surface area contributed by atoms with E-state index in [4.69, 9.17) is 0 Å². The van der Waals surface area contributed by atoms with Crippen molar-refractivity contribution in [2.75, 3.05) is 24.1 Å². The zero-order valence-electron chi connectivity index (χ0n) is 8.43. The van der Waals surface area contributed by atoms with Crippen LogP contribution in [0.2, 0.25) is 0 Å². The van der Waals surface area contributed by atoms with Gasteiger partial charge in [0, 0.05) is 0 Å². The number of aromatic nitrogens is 2. The molecule has 0 amide bonds. The van der Waals surface area contributed by atoms with E-state index in [1.54, 1.807) is 0 Å². The molecule has 15 heavy (non-hydrogen) atoms. The minimum absolute atomic E-state index is 0.119. The molecule has 6 nitrogen and oxygen atoms in total. The molecular weight excluding hydrogens is 236 g/mol. The predicted octanol–water partition coefficient (Wildman–Crippen LogP) is 0.279. The van der Waals surface area contributed by atoms with Crippen molar-refractivity contribution in [2.45, 2.75) is 12.8 Å². The molecule has 1 heterocycles. The van der Waals surface area contributed by atoms with E-state index in [0.29, 0.717) is 11.6 Å². The van der Waals surface area contributed by atoms with Crippen LogP contribution in [0, 0.1) is 0 Å². The first-order chi connectivity index (χ1) is 7.14. The van der Waals surface area contributed by atoms with E-state index >= 15 is 0 Å².